The van der Waals surface area contributed by atoms with Crippen LogP contribution in [0.1, 0.15) is 15.9 Å². The SMILES string of the molecule is COCCNCCNC(=O)c1c(C)cccc1[N+](=O)[O-]. The van der Waals surface area contributed by atoms with Crippen LogP contribution in [0, 0.1) is 17.0 Å². The Hall–Kier alpha value is -1.99. The summed E-state index contributed by atoms with van der Waals surface area (Å²) < 4.78 is 4.87. The van der Waals surface area contributed by atoms with Crippen molar-refractivity contribution < 1.29 is 14.5 Å². The number of methoxy groups -OCH3 is 1. The number of amides is 1. The van der Waals surface area contributed by atoms with Gasteiger partial charge in [-0.15, -0.1) is 0 Å². The average molecular weight is 281 g/mol. The van der Waals surface area contributed by atoms with Gasteiger partial charge in [-0.2, -0.15) is 0 Å². The van der Waals surface area contributed by atoms with Crippen LogP contribution in [0.25, 0.3) is 0 Å². The molecule has 7 nitrogen and oxygen atoms in total. The molecule has 7 heteroatoms. The van der Waals surface area contributed by atoms with E-state index in [1.165, 1.54) is 6.07 Å². The maximum Gasteiger partial charge on any atom is 0.282 e. The zero-order valence-electron chi connectivity index (χ0n) is 11.6. The summed E-state index contributed by atoms with van der Waals surface area (Å²) in [5.74, 6) is -0.427. The number of nitrogens with one attached hydrogen (secondary N) is 2. The van der Waals surface area contributed by atoms with Crippen LogP contribution >= 0.6 is 0 Å². The summed E-state index contributed by atoms with van der Waals surface area (Å²) in [6, 6.07) is 4.58. The number of carbonyl (C=O) groups is 1. The Morgan fingerprint density at radius 1 is 1.35 bits per heavy atom. The lowest BCUT2D eigenvalue weighted by molar-refractivity contribution is -0.385. The maximum atomic E-state index is 12.0. The van der Waals surface area contributed by atoms with Crippen molar-refractivity contribution in [3.05, 3.63) is 39.4 Å². The molecule has 0 aliphatic heterocycles. The normalized spacial score (nSPS) is 10.3. The highest BCUT2D eigenvalue weighted by molar-refractivity contribution is 5.99. The molecule has 0 aromatic heterocycles. The fourth-order valence-electron chi connectivity index (χ4n) is 1.75. The fraction of sp³-hybridized carbons (Fsp3) is 0.462. The molecule has 1 rings (SSSR count). The molecule has 0 heterocycles. The molecule has 0 spiro atoms. The minimum absolute atomic E-state index is 0.120. The van der Waals surface area contributed by atoms with Gasteiger partial charge in [0.25, 0.3) is 11.6 Å². The molecule has 1 aromatic carbocycles. The van der Waals surface area contributed by atoms with Crippen molar-refractivity contribution in [1.29, 1.82) is 0 Å². The first-order valence-corrected chi connectivity index (χ1v) is 6.29. The van der Waals surface area contributed by atoms with Gasteiger partial charge in [0.2, 0.25) is 0 Å². The van der Waals surface area contributed by atoms with Crippen LogP contribution in [0.4, 0.5) is 5.69 Å². The average Bonchev–Trinajstić information content (AvgIpc) is 2.42. The van der Waals surface area contributed by atoms with E-state index in [1.54, 1.807) is 26.2 Å². The van der Waals surface area contributed by atoms with Crippen LogP contribution in [-0.4, -0.2) is 44.2 Å². The predicted molar refractivity (Wildman–Crippen MR) is 74.9 cm³/mol. The van der Waals surface area contributed by atoms with Gasteiger partial charge in [0.1, 0.15) is 5.56 Å². The van der Waals surface area contributed by atoms with E-state index in [-0.39, 0.29) is 11.3 Å². The van der Waals surface area contributed by atoms with E-state index in [0.29, 0.717) is 31.8 Å². The molecule has 0 saturated carbocycles. The second-order valence-electron chi connectivity index (χ2n) is 4.22. The number of nitro groups is 1. The lowest BCUT2D eigenvalue weighted by Gasteiger charge is -2.08. The summed E-state index contributed by atoms with van der Waals surface area (Å²) in [5, 5.41) is 16.7. The van der Waals surface area contributed by atoms with E-state index in [0.717, 1.165) is 0 Å². The van der Waals surface area contributed by atoms with Gasteiger partial charge in [0.15, 0.2) is 0 Å². The van der Waals surface area contributed by atoms with Crippen molar-refractivity contribution in [1.82, 2.24) is 10.6 Å². The standard InChI is InChI=1S/C13H19N3O4/c1-10-4-3-5-11(16(18)19)12(10)13(17)15-7-6-14-8-9-20-2/h3-5,14H,6-9H2,1-2H3,(H,15,17). The van der Waals surface area contributed by atoms with E-state index in [2.05, 4.69) is 10.6 Å². The summed E-state index contributed by atoms with van der Waals surface area (Å²) >= 11 is 0. The first-order valence-electron chi connectivity index (χ1n) is 6.29. The molecule has 20 heavy (non-hydrogen) atoms. The van der Waals surface area contributed by atoms with Gasteiger partial charge in [-0.05, 0) is 12.5 Å². The summed E-state index contributed by atoms with van der Waals surface area (Å²) in [6.45, 7) is 3.94. The second-order valence-corrected chi connectivity index (χ2v) is 4.22. The molecule has 0 atom stereocenters. The van der Waals surface area contributed by atoms with Crippen LogP contribution in [-0.2, 0) is 4.74 Å². The van der Waals surface area contributed by atoms with Crippen LogP contribution in [0.2, 0.25) is 0 Å². The van der Waals surface area contributed by atoms with E-state index < -0.39 is 10.8 Å². The number of hydrogen-bond acceptors (Lipinski definition) is 5. The van der Waals surface area contributed by atoms with Crippen molar-refractivity contribution in [2.75, 3.05) is 33.4 Å². The smallest absolute Gasteiger partial charge is 0.282 e. The van der Waals surface area contributed by atoms with Crippen LogP contribution in [0.5, 0.6) is 0 Å². The molecule has 1 amide bonds. The fourth-order valence-corrected chi connectivity index (χ4v) is 1.75. The number of benzene rings is 1. The summed E-state index contributed by atoms with van der Waals surface area (Å²) in [4.78, 5) is 22.4. The van der Waals surface area contributed by atoms with Crippen LogP contribution < -0.4 is 10.6 Å². The number of rotatable bonds is 8. The Morgan fingerprint density at radius 2 is 2.10 bits per heavy atom. The molecular weight excluding hydrogens is 262 g/mol. The molecule has 0 unspecified atom stereocenters. The van der Waals surface area contributed by atoms with Crippen LogP contribution in [0.3, 0.4) is 0 Å². The number of hydrogen-bond donors (Lipinski definition) is 2. The summed E-state index contributed by atoms with van der Waals surface area (Å²) in [5.41, 5.74) is 0.535. The molecule has 2 N–H and O–H groups in total. The third-order valence-corrected chi connectivity index (χ3v) is 2.74. The van der Waals surface area contributed by atoms with Crippen molar-refractivity contribution in [2.24, 2.45) is 0 Å². The lowest BCUT2D eigenvalue weighted by atomic mass is 10.1. The van der Waals surface area contributed by atoms with E-state index >= 15 is 0 Å². The Kier molecular flexibility index (Phi) is 6.61. The third-order valence-electron chi connectivity index (χ3n) is 2.74. The van der Waals surface area contributed by atoms with Crippen molar-refractivity contribution in [3.63, 3.8) is 0 Å². The Bertz CT molecular complexity index is 477. The second kappa shape index (κ2) is 8.23. The van der Waals surface area contributed by atoms with E-state index in [1.807, 2.05) is 0 Å². The molecule has 110 valence electrons. The zero-order chi connectivity index (χ0) is 15.0. The topological polar surface area (TPSA) is 93.5 Å². The Balaban J connectivity index is 2.57. The molecule has 0 aliphatic carbocycles. The number of nitrogens with zero attached hydrogens (tertiary/aromatic N) is 1. The first-order chi connectivity index (χ1) is 9.57. The van der Waals surface area contributed by atoms with Gasteiger partial charge >= 0.3 is 0 Å². The maximum absolute atomic E-state index is 12.0. The monoisotopic (exact) mass is 281 g/mol. The Labute approximate surface area is 117 Å². The third kappa shape index (κ3) is 4.60. The highest BCUT2D eigenvalue weighted by atomic mass is 16.6. The molecular formula is C13H19N3O4. The lowest BCUT2D eigenvalue weighted by Crippen LogP contribution is -2.33. The van der Waals surface area contributed by atoms with Gasteiger partial charge in [-0.25, -0.2) is 0 Å². The molecule has 0 radical (unpaired) electrons. The minimum atomic E-state index is -0.543. The zero-order valence-corrected chi connectivity index (χ0v) is 11.6. The molecule has 0 bridgehead atoms. The molecule has 0 fully saturated rings. The van der Waals surface area contributed by atoms with Gasteiger partial charge in [-0.3, -0.25) is 14.9 Å². The molecule has 0 aliphatic rings. The van der Waals surface area contributed by atoms with E-state index in [9.17, 15) is 14.9 Å². The number of ether oxygens (including phenoxy) is 1. The van der Waals surface area contributed by atoms with Gasteiger partial charge in [0.05, 0.1) is 11.5 Å². The van der Waals surface area contributed by atoms with Gasteiger partial charge < -0.3 is 15.4 Å². The Morgan fingerprint density at radius 3 is 2.75 bits per heavy atom. The highest BCUT2D eigenvalue weighted by Crippen LogP contribution is 2.21. The predicted octanol–water partition coefficient (Wildman–Crippen LogP) is 0.869. The van der Waals surface area contributed by atoms with E-state index in [4.69, 9.17) is 4.74 Å². The molecule has 1 aromatic rings. The molecule has 0 saturated heterocycles. The highest BCUT2D eigenvalue weighted by Gasteiger charge is 2.21. The quantitative estimate of drug-likeness (QED) is 0.419. The largest absolute Gasteiger partial charge is 0.383 e. The number of nitro benzene ring substituents is 1. The van der Waals surface area contributed by atoms with Gasteiger partial charge in [-0.1, -0.05) is 12.1 Å². The first kappa shape index (κ1) is 16.1. The van der Waals surface area contributed by atoms with Gasteiger partial charge in [0, 0.05) is 32.8 Å². The summed E-state index contributed by atoms with van der Waals surface area (Å²) in [6.07, 6.45) is 0. The summed E-state index contributed by atoms with van der Waals surface area (Å²) in [7, 11) is 1.61. The minimum Gasteiger partial charge on any atom is -0.383 e. The van der Waals surface area contributed by atoms with Crippen molar-refractivity contribution >= 4 is 11.6 Å². The van der Waals surface area contributed by atoms with Crippen molar-refractivity contribution in [3.8, 4) is 0 Å². The van der Waals surface area contributed by atoms with Crippen molar-refractivity contribution in [2.45, 2.75) is 6.92 Å². The number of aryl methyl sites for hydroxylation is 1. The number of carbonyl (C=O) groups excluding carboxylic acids is 1. The van der Waals surface area contributed by atoms with Crippen LogP contribution in [0.15, 0.2) is 18.2 Å².